The van der Waals surface area contributed by atoms with Gasteiger partial charge in [-0.15, -0.1) is 0 Å². The second-order valence-corrected chi connectivity index (χ2v) is 4.43. The Hall–Kier alpha value is -0.0400. The van der Waals surface area contributed by atoms with Gasteiger partial charge in [0, 0.05) is 11.6 Å². The van der Waals surface area contributed by atoms with Crippen LogP contribution in [0.25, 0.3) is 0 Å². The molecule has 0 aromatic rings. The lowest BCUT2D eigenvalue weighted by Crippen LogP contribution is -2.44. The van der Waals surface area contributed by atoms with E-state index in [9.17, 15) is 0 Å². The standard InChI is InChI=1S/C9H21N/c1-7(2)8(3)10-9(4,5)6/h7-8,10H,1-6H3/t8-/m1/s1. The van der Waals surface area contributed by atoms with Gasteiger partial charge < -0.3 is 5.32 Å². The zero-order valence-electron chi connectivity index (χ0n) is 8.15. The van der Waals surface area contributed by atoms with Crippen molar-refractivity contribution in [1.29, 1.82) is 0 Å². The van der Waals surface area contributed by atoms with E-state index in [0.717, 1.165) is 5.92 Å². The van der Waals surface area contributed by atoms with Crippen LogP contribution in [0.15, 0.2) is 0 Å². The van der Waals surface area contributed by atoms with E-state index in [1.54, 1.807) is 0 Å². The molecule has 0 aromatic heterocycles. The Morgan fingerprint density at radius 3 is 1.50 bits per heavy atom. The maximum atomic E-state index is 3.52. The molecular formula is C9H21N. The van der Waals surface area contributed by atoms with Gasteiger partial charge >= 0.3 is 0 Å². The molecule has 0 aliphatic rings. The van der Waals surface area contributed by atoms with E-state index in [1.807, 2.05) is 0 Å². The van der Waals surface area contributed by atoms with E-state index in [1.165, 1.54) is 0 Å². The Morgan fingerprint density at radius 2 is 1.40 bits per heavy atom. The summed E-state index contributed by atoms with van der Waals surface area (Å²) < 4.78 is 0. The summed E-state index contributed by atoms with van der Waals surface area (Å²) in [5, 5.41) is 3.52. The number of hydrogen-bond acceptors (Lipinski definition) is 1. The summed E-state index contributed by atoms with van der Waals surface area (Å²) in [5.74, 6) is 0.722. The van der Waals surface area contributed by atoms with Crippen LogP contribution in [0.2, 0.25) is 0 Å². The van der Waals surface area contributed by atoms with Crippen LogP contribution in [0.4, 0.5) is 0 Å². The third kappa shape index (κ3) is 4.80. The minimum atomic E-state index is 0.254. The zero-order chi connectivity index (χ0) is 8.36. The molecule has 0 bridgehead atoms. The Labute approximate surface area is 65.2 Å². The quantitative estimate of drug-likeness (QED) is 0.626. The Morgan fingerprint density at radius 1 is 1.00 bits per heavy atom. The maximum Gasteiger partial charge on any atom is 0.00990 e. The molecule has 0 spiro atoms. The number of nitrogens with one attached hydrogen (secondary N) is 1. The van der Waals surface area contributed by atoms with Crippen molar-refractivity contribution in [2.24, 2.45) is 5.92 Å². The molecule has 0 unspecified atom stereocenters. The summed E-state index contributed by atoms with van der Waals surface area (Å²) in [5.41, 5.74) is 0.254. The van der Waals surface area contributed by atoms with Gasteiger partial charge in [0.2, 0.25) is 0 Å². The molecule has 0 rings (SSSR count). The molecule has 0 amide bonds. The highest BCUT2D eigenvalue weighted by Gasteiger charge is 2.15. The van der Waals surface area contributed by atoms with Crippen molar-refractivity contribution < 1.29 is 0 Å². The molecule has 0 heterocycles. The summed E-state index contributed by atoms with van der Waals surface area (Å²) >= 11 is 0. The molecule has 1 nitrogen and oxygen atoms in total. The molecule has 0 fully saturated rings. The fourth-order valence-corrected chi connectivity index (χ4v) is 0.850. The maximum absolute atomic E-state index is 3.52. The van der Waals surface area contributed by atoms with Crippen molar-refractivity contribution in [3.63, 3.8) is 0 Å². The van der Waals surface area contributed by atoms with Crippen molar-refractivity contribution >= 4 is 0 Å². The van der Waals surface area contributed by atoms with Gasteiger partial charge in [-0.3, -0.25) is 0 Å². The Kier molecular flexibility index (Phi) is 3.37. The molecule has 1 heteroatoms. The van der Waals surface area contributed by atoms with Gasteiger partial charge in [0.1, 0.15) is 0 Å². The smallest absolute Gasteiger partial charge is 0.00990 e. The predicted molar refractivity (Wildman–Crippen MR) is 47.2 cm³/mol. The fraction of sp³-hybridized carbons (Fsp3) is 1.00. The van der Waals surface area contributed by atoms with Crippen LogP contribution in [0.5, 0.6) is 0 Å². The minimum Gasteiger partial charge on any atom is -0.309 e. The first-order valence-electron chi connectivity index (χ1n) is 4.10. The van der Waals surface area contributed by atoms with E-state index in [0.29, 0.717) is 6.04 Å². The summed E-state index contributed by atoms with van der Waals surface area (Å²) in [4.78, 5) is 0. The Bertz CT molecular complexity index is 89.4. The van der Waals surface area contributed by atoms with E-state index < -0.39 is 0 Å². The van der Waals surface area contributed by atoms with Crippen LogP contribution in [0.1, 0.15) is 41.5 Å². The SMILES string of the molecule is CC(C)[C@@H](C)NC(C)(C)C. The number of rotatable bonds is 2. The van der Waals surface area contributed by atoms with Crippen LogP contribution in [-0.4, -0.2) is 11.6 Å². The minimum absolute atomic E-state index is 0.254. The molecule has 0 aliphatic carbocycles. The first kappa shape index (κ1) is 9.96. The summed E-state index contributed by atoms with van der Waals surface area (Å²) in [6.07, 6.45) is 0. The molecule has 1 N–H and O–H groups in total. The zero-order valence-corrected chi connectivity index (χ0v) is 8.15. The van der Waals surface area contributed by atoms with Crippen molar-refractivity contribution in [2.45, 2.75) is 53.1 Å². The first-order valence-corrected chi connectivity index (χ1v) is 4.10. The van der Waals surface area contributed by atoms with Gasteiger partial charge in [-0.05, 0) is 33.6 Å². The Balaban J connectivity index is 3.68. The van der Waals surface area contributed by atoms with Crippen molar-refractivity contribution in [3.05, 3.63) is 0 Å². The molecule has 0 aromatic carbocycles. The van der Waals surface area contributed by atoms with Gasteiger partial charge in [0.05, 0.1) is 0 Å². The lowest BCUT2D eigenvalue weighted by Gasteiger charge is -2.28. The largest absolute Gasteiger partial charge is 0.309 e. The van der Waals surface area contributed by atoms with Crippen molar-refractivity contribution in [2.75, 3.05) is 0 Å². The second-order valence-electron chi connectivity index (χ2n) is 4.43. The molecule has 62 valence electrons. The third-order valence-corrected chi connectivity index (χ3v) is 1.66. The van der Waals surface area contributed by atoms with Crippen LogP contribution in [0.3, 0.4) is 0 Å². The van der Waals surface area contributed by atoms with Gasteiger partial charge in [-0.25, -0.2) is 0 Å². The molecular weight excluding hydrogens is 122 g/mol. The lowest BCUT2D eigenvalue weighted by molar-refractivity contribution is 0.320. The van der Waals surface area contributed by atoms with Crippen LogP contribution >= 0.6 is 0 Å². The van der Waals surface area contributed by atoms with Gasteiger partial charge in [-0.2, -0.15) is 0 Å². The summed E-state index contributed by atoms with van der Waals surface area (Å²) in [7, 11) is 0. The number of hydrogen-bond donors (Lipinski definition) is 1. The summed E-state index contributed by atoms with van der Waals surface area (Å²) in [6, 6.07) is 0.611. The van der Waals surface area contributed by atoms with Crippen LogP contribution in [-0.2, 0) is 0 Å². The highest BCUT2D eigenvalue weighted by atomic mass is 15.0. The normalized spacial score (nSPS) is 15.9. The molecule has 0 aliphatic heterocycles. The molecule has 0 saturated carbocycles. The highest BCUT2D eigenvalue weighted by Crippen LogP contribution is 2.06. The average molecular weight is 143 g/mol. The summed E-state index contributed by atoms with van der Waals surface area (Å²) in [6.45, 7) is 13.3. The molecule has 0 saturated heterocycles. The molecule has 0 radical (unpaired) electrons. The molecule has 10 heavy (non-hydrogen) atoms. The van der Waals surface area contributed by atoms with E-state index in [4.69, 9.17) is 0 Å². The third-order valence-electron chi connectivity index (χ3n) is 1.66. The van der Waals surface area contributed by atoms with E-state index >= 15 is 0 Å². The van der Waals surface area contributed by atoms with Gasteiger partial charge in [0.15, 0.2) is 0 Å². The topological polar surface area (TPSA) is 12.0 Å². The molecule has 1 atom stereocenters. The lowest BCUT2D eigenvalue weighted by atomic mass is 10.0. The first-order chi connectivity index (χ1) is 4.33. The van der Waals surface area contributed by atoms with Gasteiger partial charge in [0.25, 0.3) is 0 Å². The van der Waals surface area contributed by atoms with Crippen LogP contribution < -0.4 is 5.32 Å². The monoisotopic (exact) mass is 143 g/mol. The highest BCUT2D eigenvalue weighted by molar-refractivity contribution is 4.76. The van der Waals surface area contributed by atoms with Crippen LogP contribution in [0, 0.1) is 5.92 Å². The van der Waals surface area contributed by atoms with Crippen molar-refractivity contribution in [3.8, 4) is 0 Å². The second kappa shape index (κ2) is 3.38. The predicted octanol–water partition coefficient (Wildman–Crippen LogP) is 2.42. The average Bonchev–Trinajstić information content (AvgIpc) is 1.60. The van der Waals surface area contributed by atoms with Crippen molar-refractivity contribution in [1.82, 2.24) is 5.32 Å². The van der Waals surface area contributed by atoms with Gasteiger partial charge in [-0.1, -0.05) is 13.8 Å². The fourth-order valence-electron chi connectivity index (χ4n) is 0.850. The van der Waals surface area contributed by atoms with E-state index in [-0.39, 0.29) is 5.54 Å². The van der Waals surface area contributed by atoms with E-state index in [2.05, 4.69) is 46.9 Å².